The molecule has 0 unspecified atom stereocenters. The Balaban J connectivity index is 2.25. The SMILES string of the molecule is O=C1C=Cc2ccccc2/C1=C/c1c(O)[nH]c(=S)[nH]c1=O. The first-order valence-electron chi connectivity index (χ1n) is 6.15. The number of fused-ring (bicyclic) bond motifs is 1. The lowest BCUT2D eigenvalue weighted by Crippen LogP contribution is -2.12. The summed E-state index contributed by atoms with van der Waals surface area (Å²) in [4.78, 5) is 28.8. The molecule has 0 atom stereocenters. The van der Waals surface area contributed by atoms with Gasteiger partial charge in [-0.3, -0.25) is 14.6 Å². The number of allylic oxidation sites excluding steroid dienone is 2. The lowest BCUT2D eigenvalue weighted by Gasteiger charge is -2.13. The van der Waals surface area contributed by atoms with Crippen molar-refractivity contribution in [3.63, 3.8) is 0 Å². The fourth-order valence-electron chi connectivity index (χ4n) is 2.19. The van der Waals surface area contributed by atoms with Crippen molar-refractivity contribution < 1.29 is 9.90 Å². The highest BCUT2D eigenvalue weighted by Crippen LogP contribution is 2.28. The van der Waals surface area contributed by atoms with Gasteiger partial charge in [-0.05, 0) is 35.5 Å². The minimum absolute atomic E-state index is 0.0231. The quantitative estimate of drug-likeness (QED) is 0.557. The van der Waals surface area contributed by atoms with Crippen LogP contribution in [0.4, 0.5) is 0 Å². The van der Waals surface area contributed by atoms with Crippen molar-refractivity contribution in [3.05, 3.63) is 62.2 Å². The number of benzene rings is 1. The van der Waals surface area contributed by atoms with Crippen LogP contribution >= 0.6 is 12.2 Å². The minimum atomic E-state index is -0.552. The molecule has 1 aromatic heterocycles. The molecular weight excluding hydrogens is 288 g/mol. The van der Waals surface area contributed by atoms with Crippen LogP contribution in [-0.2, 0) is 4.79 Å². The second-order valence-electron chi connectivity index (χ2n) is 4.51. The first-order valence-corrected chi connectivity index (χ1v) is 6.56. The minimum Gasteiger partial charge on any atom is -0.494 e. The molecule has 3 N–H and O–H groups in total. The highest BCUT2D eigenvalue weighted by Gasteiger charge is 2.18. The molecule has 0 saturated heterocycles. The molecule has 1 aromatic carbocycles. The van der Waals surface area contributed by atoms with E-state index in [1.54, 1.807) is 12.1 Å². The summed E-state index contributed by atoms with van der Waals surface area (Å²) < 4.78 is 0.0231. The fraction of sp³-hybridized carbons (Fsp3) is 0. The summed E-state index contributed by atoms with van der Waals surface area (Å²) in [5, 5.41) is 9.82. The van der Waals surface area contributed by atoms with E-state index in [2.05, 4.69) is 9.97 Å². The van der Waals surface area contributed by atoms with Crippen LogP contribution < -0.4 is 5.56 Å². The average molecular weight is 298 g/mol. The maximum Gasteiger partial charge on any atom is 0.262 e. The van der Waals surface area contributed by atoms with Crippen LogP contribution in [0.15, 0.2) is 35.1 Å². The van der Waals surface area contributed by atoms with Gasteiger partial charge < -0.3 is 10.1 Å². The van der Waals surface area contributed by atoms with Gasteiger partial charge in [0.2, 0.25) is 5.88 Å². The number of carbonyl (C=O) groups excluding carboxylic acids is 1. The highest BCUT2D eigenvalue weighted by molar-refractivity contribution is 7.71. The number of aromatic amines is 2. The Morgan fingerprint density at radius 3 is 2.62 bits per heavy atom. The van der Waals surface area contributed by atoms with Crippen molar-refractivity contribution in [2.45, 2.75) is 0 Å². The number of aromatic hydroxyl groups is 1. The van der Waals surface area contributed by atoms with Crippen LogP contribution in [0.25, 0.3) is 17.7 Å². The van der Waals surface area contributed by atoms with Gasteiger partial charge >= 0.3 is 0 Å². The van der Waals surface area contributed by atoms with Crippen LogP contribution in [0, 0.1) is 4.77 Å². The van der Waals surface area contributed by atoms with E-state index in [9.17, 15) is 14.7 Å². The van der Waals surface area contributed by atoms with E-state index in [0.717, 1.165) is 5.56 Å². The second-order valence-corrected chi connectivity index (χ2v) is 4.92. The third-order valence-electron chi connectivity index (χ3n) is 3.18. The largest absolute Gasteiger partial charge is 0.494 e. The molecule has 6 heteroatoms. The molecule has 104 valence electrons. The average Bonchev–Trinajstić information content (AvgIpc) is 2.44. The molecule has 2 aromatic rings. The normalized spacial score (nSPS) is 15.2. The van der Waals surface area contributed by atoms with Crippen molar-refractivity contribution in [1.29, 1.82) is 0 Å². The number of nitrogens with one attached hydrogen (secondary N) is 2. The van der Waals surface area contributed by atoms with Crippen molar-refractivity contribution in [2.24, 2.45) is 0 Å². The molecule has 0 saturated carbocycles. The van der Waals surface area contributed by atoms with E-state index in [1.807, 2.05) is 18.2 Å². The van der Waals surface area contributed by atoms with E-state index < -0.39 is 5.56 Å². The van der Waals surface area contributed by atoms with Gasteiger partial charge in [-0.2, -0.15) is 0 Å². The maximum atomic E-state index is 12.1. The van der Waals surface area contributed by atoms with Gasteiger partial charge in [0, 0.05) is 5.57 Å². The summed E-state index contributed by atoms with van der Waals surface area (Å²) in [6.07, 6.45) is 4.52. The second kappa shape index (κ2) is 4.99. The zero-order valence-corrected chi connectivity index (χ0v) is 11.5. The number of hydrogen-bond donors (Lipinski definition) is 3. The summed E-state index contributed by atoms with van der Waals surface area (Å²) in [6.45, 7) is 0. The van der Waals surface area contributed by atoms with Crippen molar-refractivity contribution in [3.8, 4) is 5.88 Å². The topological polar surface area (TPSA) is 85.9 Å². The Kier molecular flexibility index (Phi) is 3.15. The van der Waals surface area contributed by atoms with Crippen molar-refractivity contribution >= 4 is 35.7 Å². The van der Waals surface area contributed by atoms with Gasteiger partial charge in [-0.1, -0.05) is 30.3 Å². The molecule has 5 nitrogen and oxygen atoms in total. The summed E-state index contributed by atoms with van der Waals surface area (Å²) in [5.74, 6) is -0.592. The Hall–Kier alpha value is -2.73. The Bertz CT molecular complexity index is 919. The third kappa shape index (κ3) is 2.36. The molecule has 0 radical (unpaired) electrons. The highest BCUT2D eigenvalue weighted by atomic mass is 32.1. The Morgan fingerprint density at radius 2 is 1.86 bits per heavy atom. The molecule has 1 heterocycles. The van der Waals surface area contributed by atoms with E-state index in [1.165, 1.54) is 12.2 Å². The Labute approximate surface area is 124 Å². The first kappa shape index (κ1) is 13.3. The third-order valence-corrected chi connectivity index (χ3v) is 3.38. The molecule has 1 aliphatic rings. The van der Waals surface area contributed by atoms with Gasteiger partial charge in [0.05, 0.1) is 0 Å². The molecule has 0 bridgehead atoms. The summed E-state index contributed by atoms with van der Waals surface area (Å²) in [7, 11) is 0. The molecule has 1 aliphatic carbocycles. The van der Waals surface area contributed by atoms with Gasteiger partial charge in [0.1, 0.15) is 5.56 Å². The molecule has 3 rings (SSSR count). The maximum absolute atomic E-state index is 12.1. The van der Waals surface area contributed by atoms with Crippen molar-refractivity contribution in [2.75, 3.05) is 0 Å². The first-order chi connectivity index (χ1) is 10.1. The van der Waals surface area contributed by atoms with Gasteiger partial charge in [-0.25, -0.2) is 0 Å². The number of rotatable bonds is 1. The van der Waals surface area contributed by atoms with Crippen LogP contribution in [0.2, 0.25) is 0 Å². The zero-order chi connectivity index (χ0) is 15.0. The molecule has 0 spiro atoms. The van der Waals surface area contributed by atoms with E-state index in [-0.39, 0.29) is 22.0 Å². The summed E-state index contributed by atoms with van der Waals surface area (Å²) in [5.41, 5.74) is 1.36. The van der Waals surface area contributed by atoms with Gasteiger partial charge in [0.15, 0.2) is 10.6 Å². The molecule has 0 amide bonds. The van der Waals surface area contributed by atoms with Gasteiger partial charge in [0.25, 0.3) is 5.56 Å². The Morgan fingerprint density at radius 1 is 1.10 bits per heavy atom. The molecule has 0 fully saturated rings. The molecular formula is C15H10N2O3S. The predicted octanol–water partition coefficient (Wildman–Crippen LogP) is 2.27. The van der Waals surface area contributed by atoms with Crippen LogP contribution in [-0.4, -0.2) is 20.9 Å². The zero-order valence-electron chi connectivity index (χ0n) is 10.7. The summed E-state index contributed by atoms with van der Waals surface area (Å²) >= 11 is 4.77. The van der Waals surface area contributed by atoms with E-state index >= 15 is 0 Å². The monoisotopic (exact) mass is 298 g/mol. The van der Waals surface area contributed by atoms with Crippen LogP contribution in [0.5, 0.6) is 5.88 Å². The number of carbonyl (C=O) groups is 1. The molecule has 21 heavy (non-hydrogen) atoms. The van der Waals surface area contributed by atoms with Gasteiger partial charge in [-0.15, -0.1) is 0 Å². The molecule has 0 aliphatic heterocycles. The van der Waals surface area contributed by atoms with Crippen LogP contribution in [0.1, 0.15) is 16.7 Å². The number of aromatic nitrogens is 2. The van der Waals surface area contributed by atoms with Crippen LogP contribution in [0.3, 0.4) is 0 Å². The summed E-state index contributed by atoms with van der Waals surface area (Å²) in [6, 6.07) is 7.33. The smallest absolute Gasteiger partial charge is 0.262 e. The number of H-pyrrole nitrogens is 2. The lowest BCUT2D eigenvalue weighted by molar-refractivity contribution is -0.109. The van der Waals surface area contributed by atoms with E-state index in [4.69, 9.17) is 12.2 Å². The predicted molar refractivity (Wildman–Crippen MR) is 82.3 cm³/mol. The fourth-order valence-corrected chi connectivity index (χ4v) is 2.38. The van der Waals surface area contributed by atoms with Crippen molar-refractivity contribution in [1.82, 2.24) is 9.97 Å². The number of ketones is 1. The lowest BCUT2D eigenvalue weighted by atomic mass is 9.90. The standard InChI is InChI=1S/C15H10N2O3S/c18-12-6-5-8-3-1-2-4-9(8)10(12)7-11-13(19)16-15(21)17-14(11)20/h1-7H,(H3,16,17,19,20,21)/b10-7-. The number of hydrogen-bond acceptors (Lipinski definition) is 4. The van der Waals surface area contributed by atoms with E-state index in [0.29, 0.717) is 11.1 Å².